The van der Waals surface area contributed by atoms with Gasteiger partial charge in [0.25, 0.3) is 0 Å². The maximum Gasteiger partial charge on any atom is 0.158 e. The van der Waals surface area contributed by atoms with Crippen LogP contribution >= 0.6 is 0 Å². The van der Waals surface area contributed by atoms with Crippen molar-refractivity contribution in [3.05, 3.63) is 41.6 Å². The number of aryl methyl sites for hydroxylation is 1. The van der Waals surface area contributed by atoms with Gasteiger partial charge in [-0.25, -0.2) is 0 Å². The molecule has 1 aromatic carbocycles. The average molecular weight is 311 g/mol. The highest BCUT2D eigenvalue weighted by atomic mass is 15.1. The van der Waals surface area contributed by atoms with Gasteiger partial charge < -0.3 is 4.90 Å². The SMILES string of the molecule is C=C1C(c2cc(BCC(C)(C)C(C)(C)C)ccc2C)CCN1C. The number of likely N-dealkylation sites (N-methyl/N-ethyl adjacent to an activating group) is 1. The molecular formula is C21H34BN. The van der Waals surface area contributed by atoms with Gasteiger partial charge in [0.15, 0.2) is 7.28 Å². The number of rotatable bonds is 4. The number of benzene rings is 1. The molecule has 2 heteroatoms. The fraction of sp³-hybridized carbons (Fsp3) is 0.619. The van der Waals surface area contributed by atoms with Crippen molar-refractivity contribution in [2.45, 2.75) is 60.2 Å². The smallest absolute Gasteiger partial charge is 0.158 e. The van der Waals surface area contributed by atoms with E-state index < -0.39 is 0 Å². The zero-order valence-electron chi connectivity index (χ0n) is 16.3. The van der Waals surface area contributed by atoms with Crippen LogP contribution in [-0.4, -0.2) is 25.8 Å². The predicted octanol–water partition coefficient (Wildman–Crippen LogP) is 4.48. The first-order chi connectivity index (χ1) is 10.5. The molecule has 126 valence electrons. The first-order valence-corrected chi connectivity index (χ1v) is 9.02. The quantitative estimate of drug-likeness (QED) is 0.741. The number of allylic oxidation sites excluding steroid dienone is 1. The Morgan fingerprint density at radius 3 is 2.39 bits per heavy atom. The van der Waals surface area contributed by atoms with Gasteiger partial charge in [-0.1, -0.05) is 71.2 Å². The van der Waals surface area contributed by atoms with Gasteiger partial charge in [0.05, 0.1) is 0 Å². The second-order valence-electron chi connectivity index (χ2n) is 9.08. The molecule has 1 unspecified atom stereocenters. The minimum Gasteiger partial charge on any atom is -0.378 e. The second kappa shape index (κ2) is 6.38. The highest BCUT2D eigenvalue weighted by Crippen LogP contribution is 2.41. The van der Waals surface area contributed by atoms with E-state index in [1.165, 1.54) is 35.0 Å². The number of likely N-dealkylation sites (tertiary alicyclic amines) is 1. The van der Waals surface area contributed by atoms with Gasteiger partial charge in [-0.15, -0.1) is 0 Å². The molecule has 0 spiro atoms. The van der Waals surface area contributed by atoms with E-state index in [0.29, 0.717) is 16.7 Å². The molecule has 0 saturated carbocycles. The van der Waals surface area contributed by atoms with Crippen molar-refractivity contribution >= 4 is 12.7 Å². The van der Waals surface area contributed by atoms with Gasteiger partial charge in [-0.3, -0.25) is 0 Å². The largest absolute Gasteiger partial charge is 0.378 e. The highest BCUT2D eigenvalue weighted by Gasteiger charge is 2.32. The summed E-state index contributed by atoms with van der Waals surface area (Å²) in [5, 5.41) is 0. The van der Waals surface area contributed by atoms with Gasteiger partial charge in [0.2, 0.25) is 0 Å². The van der Waals surface area contributed by atoms with E-state index in [1.54, 1.807) is 0 Å². The summed E-state index contributed by atoms with van der Waals surface area (Å²) in [7, 11) is 3.32. The number of hydrogen-bond donors (Lipinski definition) is 0. The first kappa shape index (κ1) is 18.2. The third kappa shape index (κ3) is 3.84. The Bertz CT molecular complexity index is 580. The lowest BCUT2D eigenvalue weighted by Crippen LogP contribution is -2.33. The van der Waals surface area contributed by atoms with Gasteiger partial charge in [0.1, 0.15) is 0 Å². The minimum atomic E-state index is 0.336. The van der Waals surface area contributed by atoms with Crippen molar-refractivity contribution in [2.75, 3.05) is 13.6 Å². The summed E-state index contributed by atoms with van der Waals surface area (Å²) >= 11 is 0. The van der Waals surface area contributed by atoms with Gasteiger partial charge >= 0.3 is 0 Å². The predicted molar refractivity (Wildman–Crippen MR) is 105 cm³/mol. The Hall–Kier alpha value is -1.18. The van der Waals surface area contributed by atoms with Crippen molar-refractivity contribution in [1.29, 1.82) is 0 Å². The Morgan fingerprint density at radius 1 is 1.22 bits per heavy atom. The van der Waals surface area contributed by atoms with Gasteiger partial charge in [-0.2, -0.15) is 0 Å². The zero-order chi connectivity index (χ0) is 17.4. The van der Waals surface area contributed by atoms with Crippen LogP contribution < -0.4 is 5.46 Å². The number of nitrogens with zero attached hydrogens (tertiary/aromatic N) is 1. The second-order valence-corrected chi connectivity index (χ2v) is 9.08. The van der Waals surface area contributed by atoms with Crippen LogP contribution in [0.3, 0.4) is 0 Å². The van der Waals surface area contributed by atoms with Crippen LogP contribution in [0.1, 0.15) is 58.1 Å². The van der Waals surface area contributed by atoms with Crippen LogP contribution in [0, 0.1) is 17.8 Å². The summed E-state index contributed by atoms with van der Waals surface area (Å²) in [6.45, 7) is 19.5. The molecule has 1 aliphatic heterocycles. The van der Waals surface area contributed by atoms with Crippen LogP contribution in [-0.2, 0) is 0 Å². The molecule has 0 amide bonds. The fourth-order valence-corrected chi connectivity index (χ4v) is 3.29. The molecule has 0 bridgehead atoms. The topological polar surface area (TPSA) is 3.24 Å². The molecule has 1 fully saturated rings. The summed E-state index contributed by atoms with van der Waals surface area (Å²) in [4.78, 5) is 2.31. The van der Waals surface area contributed by atoms with Crippen molar-refractivity contribution < 1.29 is 0 Å². The minimum absolute atomic E-state index is 0.336. The molecule has 1 aromatic rings. The lowest BCUT2D eigenvalue weighted by atomic mass is 9.53. The van der Waals surface area contributed by atoms with Crippen molar-refractivity contribution in [1.82, 2.24) is 4.90 Å². The normalized spacial score (nSPS) is 19.3. The van der Waals surface area contributed by atoms with Crippen LogP contribution in [0.15, 0.2) is 30.5 Å². The molecular weight excluding hydrogens is 277 g/mol. The molecule has 1 saturated heterocycles. The van der Waals surface area contributed by atoms with Crippen LogP contribution in [0.2, 0.25) is 6.32 Å². The fourth-order valence-electron chi connectivity index (χ4n) is 3.29. The van der Waals surface area contributed by atoms with Gasteiger partial charge in [0, 0.05) is 25.2 Å². The van der Waals surface area contributed by atoms with E-state index in [4.69, 9.17) is 0 Å². The van der Waals surface area contributed by atoms with E-state index >= 15 is 0 Å². The molecule has 1 atom stereocenters. The van der Waals surface area contributed by atoms with Crippen LogP contribution in [0.25, 0.3) is 0 Å². The molecule has 0 radical (unpaired) electrons. The summed E-state index contributed by atoms with van der Waals surface area (Å²) in [5.41, 5.74) is 6.33. The summed E-state index contributed by atoms with van der Waals surface area (Å²) < 4.78 is 0. The molecule has 23 heavy (non-hydrogen) atoms. The first-order valence-electron chi connectivity index (χ1n) is 9.02. The van der Waals surface area contributed by atoms with E-state index in [1.807, 2.05) is 0 Å². The van der Waals surface area contributed by atoms with Crippen LogP contribution in [0.4, 0.5) is 0 Å². The maximum atomic E-state index is 4.31. The Morgan fingerprint density at radius 2 is 1.87 bits per heavy atom. The summed E-state index contributed by atoms with van der Waals surface area (Å²) in [5.74, 6) is 0.510. The lowest BCUT2D eigenvalue weighted by Gasteiger charge is -2.39. The zero-order valence-corrected chi connectivity index (χ0v) is 16.3. The Balaban J connectivity index is 2.17. The Labute approximate surface area is 144 Å². The molecule has 0 aliphatic carbocycles. The molecule has 1 heterocycles. The van der Waals surface area contributed by atoms with Crippen molar-refractivity contribution in [2.24, 2.45) is 10.8 Å². The monoisotopic (exact) mass is 311 g/mol. The molecule has 2 rings (SSSR count). The van der Waals surface area contributed by atoms with E-state index in [9.17, 15) is 0 Å². The lowest BCUT2D eigenvalue weighted by molar-refractivity contribution is 0.157. The van der Waals surface area contributed by atoms with Crippen molar-refractivity contribution in [3.8, 4) is 0 Å². The van der Waals surface area contributed by atoms with E-state index in [0.717, 1.165) is 13.8 Å². The van der Waals surface area contributed by atoms with Gasteiger partial charge in [-0.05, 0) is 35.3 Å². The molecule has 1 aliphatic rings. The summed E-state index contributed by atoms with van der Waals surface area (Å²) in [6.07, 6.45) is 2.43. The third-order valence-corrected chi connectivity index (χ3v) is 6.43. The molecule has 0 aromatic heterocycles. The Kier molecular flexibility index (Phi) is 5.04. The third-order valence-electron chi connectivity index (χ3n) is 6.43. The standard InChI is InChI=1S/C21H34BN/c1-15-9-10-17(22-14-21(6,7)20(3,4)5)13-19(15)18-11-12-23(8)16(18)2/h9-10,13,18,22H,2,11-12,14H2,1,3-8H3. The number of hydrogen-bond acceptors (Lipinski definition) is 1. The maximum absolute atomic E-state index is 4.31. The average Bonchev–Trinajstić information content (AvgIpc) is 2.77. The molecule has 0 N–H and O–H groups in total. The summed E-state index contributed by atoms with van der Waals surface area (Å²) in [6, 6.07) is 7.07. The van der Waals surface area contributed by atoms with Crippen molar-refractivity contribution in [3.63, 3.8) is 0 Å². The molecule has 1 nitrogen and oxygen atoms in total. The highest BCUT2D eigenvalue weighted by molar-refractivity contribution is 6.53. The van der Waals surface area contributed by atoms with E-state index in [2.05, 4.69) is 78.3 Å². The van der Waals surface area contributed by atoms with E-state index in [-0.39, 0.29) is 0 Å². The van der Waals surface area contributed by atoms with Crippen LogP contribution in [0.5, 0.6) is 0 Å².